The number of aliphatic imine (C=N–C) groups is 1. The number of thioether (sulfide) groups is 1. The van der Waals surface area contributed by atoms with Crippen molar-refractivity contribution in [2.45, 2.75) is 26.5 Å². The molecule has 0 amide bonds. The van der Waals surface area contributed by atoms with Gasteiger partial charge in [0.25, 0.3) is 0 Å². The lowest BCUT2D eigenvalue weighted by Gasteiger charge is -2.33. The third-order valence-corrected chi connectivity index (χ3v) is 5.75. The summed E-state index contributed by atoms with van der Waals surface area (Å²) in [5, 5.41) is 11.7. The van der Waals surface area contributed by atoms with Gasteiger partial charge in [-0.3, -0.25) is 0 Å². The Bertz CT molecular complexity index is 1130. The average Bonchev–Trinajstić information content (AvgIpc) is 3.25. The number of carbonyl (C=O) groups is 1. The summed E-state index contributed by atoms with van der Waals surface area (Å²) in [5.74, 6) is 0.338. The lowest BCUT2D eigenvalue weighted by atomic mass is 9.94. The van der Waals surface area contributed by atoms with Gasteiger partial charge in [-0.2, -0.15) is 5.26 Å². The first-order valence-corrected chi connectivity index (χ1v) is 10.8. The Morgan fingerprint density at radius 2 is 2.06 bits per heavy atom. The van der Waals surface area contributed by atoms with Crippen LogP contribution in [0.2, 0.25) is 0 Å². The zero-order valence-corrected chi connectivity index (χ0v) is 18.1. The van der Waals surface area contributed by atoms with Crippen molar-refractivity contribution in [3.8, 4) is 11.8 Å². The molecule has 7 heteroatoms. The monoisotopic (exact) mass is 431 g/mol. The zero-order chi connectivity index (χ0) is 21.8. The van der Waals surface area contributed by atoms with Crippen molar-refractivity contribution >= 4 is 22.9 Å². The molecule has 2 aliphatic rings. The second kappa shape index (κ2) is 9.11. The van der Waals surface area contributed by atoms with Crippen molar-refractivity contribution in [3.63, 3.8) is 0 Å². The molecule has 0 radical (unpaired) electrons. The summed E-state index contributed by atoms with van der Waals surface area (Å²) in [6.45, 7) is 4.32. The van der Waals surface area contributed by atoms with Crippen molar-refractivity contribution in [2.75, 3.05) is 6.61 Å². The molecule has 1 atom stereocenters. The van der Waals surface area contributed by atoms with Gasteiger partial charge in [0.1, 0.15) is 12.4 Å². The average molecular weight is 432 g/mol. The fourth-order valence-electron chi connectivity index (χ4n) is 3.51. The summed E-state index contributed by atoms with van der Waals surface area (Å²) >= 11 is 1.53. The van der Waals surface area contributed by atoms with Crippen LogP contribution in [0, 0.1) is 11.3 Å². The van der Waals surface area contributed by atoms with Crippen molar-refractivity contribution < 1.29 is 14.3 Å². The number of esters is 1. The minimum absolute atomic E-state index is 0.303. The smallest absolute Gasteiger partial charge is 0.338 e. The minimum Gasteiger partial charge on any atom is -0.489 e. The lowest BCUT2D eigenvalue weighted by molar-refractivity contribution is -0.139. The van der Waals surface area contributed by atoms with Crippen LogP contribution in [0.15, 0.2) is 76.4 Å². The third kappa shape index (κ3) is 4.35. The van der Waals surface area contributed by atoms with E-state index in [9.17, 15) is 4.79 Å². The van der Waals surface area contributed by atoms with Gasteiger partial charge >= 0.3 is 5.97 Å². The third-order valence-electron chi connectivity index (χ3n) is 4.98. The first kappa shape index (κ1) is 20.8. The number of fused-ring (bicyclic) bond motifs is 1. The van der Waals surface area contributed by atoms with Crippen LogP contribution in [-0.2, 0) is 16.1 Å². The first-order chi connectivity index (χ1) is 15.1. The van der Waals surface area contributed by atoms with Gasteiger partial charge in [-0.15, -0.1) is 0 Å². The van der Waals surface area contributed by atoms with E-state index in [1.165, 1.54) is 11.8 Å². The first-order valence-electron chi connectivity index (χ1n) is 9.90. The Morgan fingerprint density at radius 3 is 2.81 bits per heavy atom. The van der Waals surface area contributed by atoms with Gasteiger partial charge in [0.15, 0.2) is 5.17 Å². The molecule has 2 aliphatic heterocycles. The summed E-state index contributed by atoms with van der Waals surface area (Å²) in [6.07, 6.45) is 1.93. The molecule has 0 aliphatic carbocycles. The summed E-state index contributed by atoms with van der Waals surface area (Å²) in [5.41, 5.74) is 3.69. The molecule has 6 nitrogen and oxygen atoms in total. The van der Waals surface area contributed by atoms with E-state index in [0.717, 1.165) is 16.3 Å². The zero-order valence-electron chi connectivity index (χ0n) is 17.2. The molecule has 31 heavy (non-hydrogen) atoms. The highest BCUT2D eigenvalue weighted by Gasteiger charge is 2.37. The molecule has 4 rings (SSSR count). The minimum atomic E-state index is -0.359. The predicted molar refractivity (Wildman–Crippen MR) is 120 cm³/mol. The second-order valence-electron chi connectivity index (χ2n) is 7.00. The maximum Gasteiger partial charge on any atom is 0.338 e. The van der Waals surface area contributed by atoms with Crippen LogP contribution < -0.4 is 4.74 Å². The molecule has 2 aromatic rings. The molecule has 156 valence electrons. The van der Waals surface area contributed by atoms with E-state index in [-0.39, 0.29) is 12.0 Å². The van der Waals surface area contributed by atoms with Crippen LogP contribution in [0.25, 0.3) is 0 Å². The molecular weight excluding hydrogens is 410 g/mol. The molecule has 2 heterocycles. The highest BCUT2D eigenvalue weighted by atomic mass is 32.2. The van der Waals surface area contributed by atoms with E-state index in [1.54, 1.807) is 19.1 Å². The summed E-state index contributed by atoms with van der Waals surface area (Å²) in [7, 11) is 0. The number of benzene rings is 2. The molecule has 0 spiro atoms. The molecule has 0 N–H and O–H groups in total. The Hall–Kier alpha value is -3.50. The van der Waals surface area contributed by atoms with E-state index in [4.69, 9.17) is 14.7 Å². The SMILES string of the molecule is CCOC(=O)C1=C(C)N=C2SC=CN2[C@H]1c1cccc(OCc2ccc(C#N)cc2)c1. The number of allylic oxidation sites excluding steroid dienone is 1. The molecular formula is C24H21N3O3S. The molecule has 0 bridgehead atoms. The molecule has 0 fully saturated rings. The standard InChI is InChI=1S/C24H21N3O3S/c1-3-29-23(28)21-16(2)26-24-27(11-12-31-24)22(21)19-5-4-6-20(13-19)30-15-18-9-7-17(14-25)8-10-18/h4-13,22H,3,15H2,1-2H3/t22-/m0/s1. The maximum absolute atomic E-state index is 12.8. The van der Waals surface area contributed by atoms with Crippen molar-refractivity contribution in [2.24, 2.45) is 4.99 Å². The maximum atomic E-state index is 12.8. The van der Waals surface area contributed by atoms with Crippen LogP contribution in [-0.4, -0.2) is 22.6 Å². The number of amidine groups is 1. The van der Waals surface area contributed by atoms with Crippen molar-refractivity contribution in [1.82, 2.24) is 4.90 Å². The van der Waals surface area contributed by atoms with Crippen molar-refractivity contribution in [1.29, 1.82) is 5.26 Å². The number of nitrogens with zero attached hydrogens (tertiary/aromatic N) is 3. The molecule has 0 saturated heterocycles. The van der Waals surface area contributed by atoms with E-state index in [2.05, 4.69) is 11.1 Å². The van der Waals surface area contributed by atoms with Gasteiger partial charge in [0.2, 0.25) is 0 Å². The van der Waals surface area contributed by atoms with Crippen LogP contribution >= 0.6 is 11.8 Å². The molecule has 0 aromatic heterocycles. The number of hydrogen-bond acceptors (Lipinski definition) is 7. The Balaban J connectivity index is 1.61. The van der Waals surface area contributed by atoms with Crippen LogP contribution in [0.5, 0.6) is 5.75 Å². The number of nitriles is 1. The summed E-state index contributed by atoms with van der Waals surface area (Å²) < 4.78 is 11.3. The molecule has 2 aromatic carbocycles. The van der Waals surface area contributed by atoms with Gasteiger partial charge in [-0.05, 0) is 54.6 Å². The highest BCUT2D eigenvalue weighted by molar-refractivity contribution is 8.16. The number of ether oxygens (including phenoxy) is 2. The van der Waals surface area contributed by atoms with Gasteiger partial charge in [-0.25, -0.2) is 9.79 Å². The largest absolute Gasteiger partial charge is 0.489 e. The van der Waals surface area contributed by atoms with E-state index in [0.29, 0.717) is 35.8 Å². The van der Waals surface area contributed by atoms with Crippen molar-refractivity contribution in [3.05, 3.63) is 88.1 Å². The van der Waals surface area contributed by atoms with E-state index >= 15 is 0 Å². The number of hydrogen-bond donors (Lipinski definition) is 0. The van der Waals surface area contributed by atoms with Gasteiger partial charge in [0, 0.05) is 6.20 Å². The van der Waals surface area contributed by atoms with E-state index in [1.807, 2.05) is 59.8 Å². The van der Waals surface area contributed by atoms with Crippen LogP contribution in [0.3, 0.4) is 0 Å². The Morgan fingerprint density at radius 1 is 1.26 bits per heavy atom. The number of carbonyl (C=O) groups excluding carboxylic acids is 1. The van der Waals surface area contributed by atoms with Crippen LogP contribution in [0.1, 0.15) is 36.6 Å². The Kier molecular flexibility index (Phi) is 6.10. The fourth-order valence-corrected chi connectivity index (χ4v) is 4.31. The topological polar surface area (TPSA) is 74.9 Å². The quantitative estimate of drug-likeness (QED) is 0.605. The Labute approximate surface area is 185 Å². The highest BCUT2D eigenvalue weighted by Crippen LogP contribution is 2.41. The van der Waals surface area contributed by atoms with Gasteiger partial charge in [-0.1, -0.05) is 36.0 Å². The number of rotatable bonds is 6. The van der Waals surface area contributed by atoms with Gasteiger partial charge in [0.05, 0.1) is 35.6 Å². The molecule has 0 saturated carbocycles. The summed E-state index contributed by atoms with van der Waals surface area (Å²) in [6, 6.07) is 16.8. The fraction of sp³-hybridized carbons (Fsp3) is 0.208. The van der Waals surface area contributed by atoms with Crippen LogP contribution in [0.4, 0.5) is 0 Å². The summed E-state index contributed by atoms with van der Waals surface area (Å²) in [4.78, 5) is 19.3. The van der Waals surface area contributed by atoms with E-state index < -0.39 is 0 Å². The predicted octanol–water partition coefficient (Wildman–Crippen LogP) is 4.91. The van der Waals surface area contributed by atoms with Gasteiger partial charge < -0.3 is 14.4 Å². The normalized spacial score (nSPS) is 17.1. The molecule has 0 unspecified atom stereocenters. The lowest BCUT2D eigenvalue weighted by Crippen LogP contribution is -2.34. The second-order valence-corrected chi connectivity index (χ2v) is 7.87.